The maximum atomic E-state index is 6.15. The quantitative estimate of drug-likeness (QED) is 0.904. The van der Waals surface area contributed by atoms with Crippen LogP contribution in [0.2, 0.25) is 0 Å². The molecule has 2 N–H and O–H groups in total. The standard InChI is InChI=1S/C12H11BrN2/c13-11-6-2-1-5-10(11)12(14)9-4-3-7-15-8-9/h1-8,12H,14H2. The fraction of sp³-hybridized carbons (Fsp3) is 0.0833. The van der Waals surface area contributed by atoms with E-state index in [1.54, 1.807) is 12.4 Å². The Bertz CT molecular complexity index is 442. The van der Waals surface area contributed by atoms with Crippen molar-refractivity contribution in [1.29, 1.82) is 0 Å². The van der Waals surface area contributed by atoms with Crippen molar-refractivity contribution in [2.45, 2.75) is 6.04 Å². The van der Waals surface area contributed by atoms with Gasteiger partial charge in [0.1, 0.15) is 0 Å². The Kier molecular flexibility index (Phi) is 3.14. The molecule has 0 aliphatic carbocycles. The Balaban J connectivity index is 2.37. The van der Waals surface area contributed by atoms with E-state index in [0.717, 1.165) is 15.6 Å². The molecular weight excluding hydrogens is 252 g/mol. The highest BCUT2D eigenvalue weighted by Gasteiger charge is 2.10. The van der Waals surface area contributed by atoms with Gasteiger partial charge >= 0.3 is 0 Å². The molecule has 0 aliphatic rings. The van der Waals surface area contributed by atoms with E-state index in [4.69, 9.17) is 5.73 Å². The van der Waals surface area contributed by atoms with Crippen molar-refractivity contribution in [3.05, 3.63) is 64.4 Å². The molecule has 1 aromatic carbocycles. The van der Waals surface area contributed by atoms with E-state index in [-0.39, 0.29) is 6.04 Å². The van der Waals surface area contributed by atoms with Crippen LogP contribution in [0.25, 0.3) is 0 Å². The number of nitrogens with zero attached hydrogens (tertiary/aromatic N) is 1. The van der Waals surface area contributed by atoms with Crippen LogP contribution in [0.4, 0.5) is 0 Å². The first-order valence-electron chi connectivity index (χ1n) is 4.69. The molecule has 1 atom stereocenters. The molecule has 0 aliphatic heterocycles. The van der Waals surface area contributed by atoms with E-state index < -0.39 is 0 Å². The fourth-order valence-electron chi connectivity index (χ4n) is 1.47. The summed E-state index contributed by atoms with van der Waals surface area (Å²) in [6, 6.07) is 11.7. The summed E-state index contributed by atoms with van der Waals surface area (Å²) in [5.74, 6) is 0. The number of pyridine rings is 1. The molecule has 1 unspecified atom stereocenters. The smallest absolute Gasteiger partial charge is 0.0578 e. The molecule has 1 heterocycles. The Hall–Kier alpha value is -1.19. The van der Waals surface area contributed by atoms with Crippen LogP contribution in [0.3, 0.4) is 0 Å². The Morgan fingerprint density at radius 3 is 2.60 bits per heavy atom. The minimum Gasteiger partial charge on any atom is -0.320 e. The lowest BCUT2D eigenvalue weighted by Gasteiger charge is -2.13. The van der Waals surface area contributed by atoms with Crippen molar-refractivity contribution >= 4 is 15.9 Å². The van der Waals surface area contributed by atoms with Crippen LogP contribution in [0, 0.1) is 0 Å². The maximum Gasteiger partial charge on any atom is 0.0578 e. The summed E-state index contributed by atoms with van der Waals surface area (Å²) in [6.07, 6.45) is 3.54. The zero-order chi connectivity index (χ0) is 10.7. The van der Waals surface area contributed by atoms with Crippen molar-refractivity contribution in [3.8, 4) is 0 Å². The molecule has 76 valence electrons. The van der Waals surface area contributed by atoms with E-state index in [2.05, 4.69) is 20.9 Å². The normalized spacial score (nSPS) is 12.4. The molecule has 0 radical (unpaired) electrons. The SMILES string of the molecule is NC(c1cccnc1)c1ccccc1Br. The second-order valence-corrected chi connectivity index (χ2v) is 4.14. The molecule has 2 nitrogen and oxygen atoms in total. The van der Waals surface area contributed by atoms with Crippen LogP contribution in [0.1, 0.15) is 17.2 Å². The molecule has 0 bridgehead atoms. The van der Waals surface area contributed by atoms with E-state index in [1.807, 2.05) is 36.4 Å². The van der Waals surface area contributed by atoms with Gasteiger partial charge in [-0.3, -0.25) is 4.98 Å². The van der Waals surface area contributed by atoms with Gasteiger partial charge in [0.25, 0.3) is 0 Å². The van der Waals surface area contributed by atoms with Gasteiger partial charge in [0.15, 0.2) is 0 Å². The minimum absolute atomic E-state index is 0.130. The number of nitrogens with two attached hydrogens (primary N) is 1. The molecular formula is C12H11BrN2. The first kappa shape index (κ1) is 10.3. The second-order valence-electron chi connectivity index (χ2n) is 3.29. The average Bonchev–Trinajstić information content (AvgIpc) is 2.30. The van der Waals surface area contributed by atoms with Crippen LogP contribution in [0.15, 0.2) is 53.3 Å². The molecule has 0 saturated heterocycles. The van der Waals surface area contributed by atoms with Crippen molar-refractivity contribution in [2.75, 3.05) is 0 Å². The van der Waals surface area contributed by atoms with Gasteiger partial charge in [-0.05, 0) is 23.3 Å². The number of benzene rings is 1. The van der Waals surface area contributed by atoms with Gasteiger partial charge < -0.3 is 5.73 Å². The summed E-state index contributed by atoms with van der Waals surface area (Å²) in [5.41, 5.74) is 8.24. The summed E-state index contributed by atoms with van der Waals surface area (Å²) in [7, 11) is 0. The molecule has 0 spiro atoms. The molecule has 3 heteroatoms. The molecule has 0 fully saturated rings. The molecule has 2 rings (SSSR count). The highest BCUT2D eigenvalue weighted by atomic mass is 79.9. The first-order valence-corrected chi connectivity index (χ1v) is 5.48. The number of rotatable bonds is 2. The minimum atomic E-state index is -0.130. The van der Waals surface area contributed by atoms with Crippen LogP contribution >= 0.6 is 15.9 Å². The third-order valence-electron chi connectivity index (χ3n) is 2.28. The molecule has 15 heavy (non-hydrogen) atoms. The average molecular weight is 263 g/mol. The lowest BCUT2D eigenvalue weighted by atomic mass is 10.0. The Morgan fingerprint density at radius 1 is 1.13 bits per heavy atom. The number of hydrogen-bond acceptors (Lipinski definition) is 2. The van der Waals surface area contributed by atoms with Crippen molar-refractivity contribution in [3.63, 3.8) is 0 Å². The van der Waals surface area contributed by atoms with E-state index in [0.29, 0.717) is 0 Å². The van der Waals surface area contributed by atoms with Gasteiger partial charge in [-0.1, -0.05) is 40.2 Å². The van der Waals surface area contributed by atoms with Crippen LogP contribution < -0.4 is 5.73 Å². The Labute approximate surface area is 97.3 Å². The molecule has 0 amide bonds. The topological polar surface area (TPSA) is 38.9 Å². The zero-order valence-corrected chi connectivity index (χ0v) is 9.68. The van der Waals surface area contributed by atoms with Crippen molar-refractivity contribution in [1.82, 2.24) is 4.98 Å². The van der Waals surface area contributed by atoms with E-state index in [1.165, 1.54) is 0 Å². The largest absolute Gasteiger partial charge is 0.320 e. The predicted molar refractivity (Wildman–Crippen MR) is 64.4 cm³/mol. The number of halogens is 1. The summed E-state index contributed by atoms with van der Waals surface area (Å²) in [5, 5.41) is 0. The van der Waals surface area contributed by atoms with Crippen LogP contribution in [0.5, 0.6) is 0 Å². The monoisotopic (exact) mass is 262 g/mol. The zero-order valence-electron chi connectivity index (χ0n) is 8.10. The maximum absolute atomic E-state index is 6.15. The van der Waals surface area contributed by atoms with Crippen molar-refractivity contribution < 1.29 is 0 Å². The van der Waals surface area contributed by atoms with Crippen LogP contribution in [-0.2, 0) is 0 Å². The second kappa shape index (κ2) is 4.55. The number of aromatic nitrogens is 1. The lowest BCUT2D eigenvalue weighted by molar-refractivity contribution is 0.858. The van der Waals surface area contributed by atoms with Gasteiger partial charge in [-0.15, -0.1) is 0 Å². The third-order valence-corrected chi connectivity index (χ3v) is 3.01. The summed E-state index contributed by atoms with van der Waals surface area (Å²) in [4.78, 5) is 4.07. The molecule has 1 aromatic heterocycles. The Morgan fingerprint density at radius 2 is 1.93 bits per heavy atom. The summed E-state index contributed by atoms with van der Waals surface area (Å²) >= 11 is 3.49. The summed E-state index contributed by atoms with van der Waals surface area (Å²) < 4.78 is 1.03. The van der Waals surface area contributed by atoms with Gasteiger partial charge in [0.2, 0.25) is 0 Å². The van der Waals surface area contributed by atoms with E-state index >= 15 is 0 Å². The lowest BCUT2D eigenvalue weighted by Crippen LogP contribution is -2.12. The molecule has 2 aromatic rings. The molecule has 0 saturated carbocycles. The predicted octanol–water partition coefficient (Wildman–Crippen LogP) is 2.89. The third kappa shape index (κ3) is 2.25. The van der Waals surface area contributed by atoms with Crippen LogP contribution in [-0.4, -0.2) is 4.98 Å². The highest BCUT2D eigenvalue weighted by molar-refractivity contribution is 9.10. The summed E-state index contributed by atoms with van der Waals surface area (Å²) in [6.45, 7) is 0. The van der Waals surface area contributed by atoms with Gasteiger partial charge in [-0.2, -0.15) is 0 Å². The van der Waals surface area contributed by atoms with Gasteiger partial charge in [0.05, 0.1) is 6.04 Å². The van der Waals surface area contributed by atoms with E-state index in [9.17, 15) is 0 Å². The van der Waals surface area contributed by atoms with Crippen molar-refractivity contribution in [2.24, 2.45) is 5.73 Å². The fourth-order valence-corrected chi connectivity index (χ4v) is 2.00. The highest BCUT2D eigenvalue weighted by Crippen LogP contribution is 2.25. The van der Waals surface area contributed by atoms with Gasteiger partial charge in [-0.25, -0.2) is 0 Å². The van der Waals surface area contributed by atoms with Gasteiger partial charge in [0, 0.05) is 16.9 Å². The number of hydrogen-bond donors (Lipinski definition) is 1. The first-order chi connectivity index (χ1) is 7.29.